The van der Waals surface area contributed by atoms with Crippen LogP contribution in [0.2, 0.25) is 0 Å². The Morgan fingerprint density at radius 2 is 1.92 bits per heavy atom. The van der Waals surface area contributed by atoms with E-state index in [1.165, 1.54) is 14.0 Å². The van der Waals surface area contributed by atoms with Crippen LogP contribution in [0.3, 0.4) is 0 Å². The van der Waals surface area contributed by atoms with Crippen LogP contribution in [0.15, 0.2) is 0 Å². The quantitative estimate of drug-likeness (QED) is 0.153. The van der Waals surface area contributed by atoms with Gasteiger partial charge in [0.15, 0.2) is 5.54 Å². The van der Waals surface area contributed by atoms with Gasteiger partial charge in [-0.15, -0.1) is 0 Å². The molecule has 0 rings (SSSR count). The maximum absolute atomic E-state index is 12.1. The highest BCUT2D eigenvalue weighted by atomic mass is 32.2. The molecule has 0 aliphatic rings. The van der Waals surface area contributed by atoms with E-state index in [2.05, 4.69) is 9.22 Å². The van der Waals surface area contributed by atoms with Gasteiger partial charge in [-0.3, -0.25) is 0 Å². The molecule has 0 heterocycles. The maximum atomic E-state index is 12.1. The van der Waals surface area contributed by atoms with Crippen LogP contribution in [-0.4, -0.2) is 59.6 Å². The Hall–Kier alpha value is -0.590. The molecule has 4 N–H and O–H groups in total. The number of hydrogen-bond acceptors (Lipinski definition) is 8. The van der Waals surface area contributed by atoms with Crippen LogP contribution in [0.4, 0.5) is 13.2 Å². The Morgan fingerprint density at radius 3 is 2.42 bits per heavy atom. The van der Waals surface area contributed by atoms with E-state index in [-0.39, 0.29) is 31.6 Å². The monoisotopic (exact) mass is 379 g/mol. The van der Waals surface area contributed by atoms with Gasteiger partial charge < -0.3 is 20.7 Å². The van der Waals surface area contributed by atoms with Crippen LogP contribution in [0.1, 0.15) is 32.6 Å². The highest BCUT2D eigenvalue weighted by Gasteiger charge is 2.46. The Bertz CT molecular complexity index is 374. The van der Waals surface area contributed by atoms with Gasteiger partial charge in [0.1, 0.15) is 6.10 Å². The van der Waals surface area contributed by atoms with Crippen molar-refractivity contribution in [3.05, 3.63) is 0 Å². The third kappa shape index (κ3) is 8.49. The number of alkyl halides is 3. The number of unbranched alkanes of at least 4 members (excludes halogenated alkanes) is 1. The molecule has 0 aromatic rings. The number of halogens is 3. The van der Waals surface area contributed by atoms with E-state index in [0.717, 1.165) is 0 Å². The van der Waals surface area contributed by atoms with Crippen LogP contribution >= 0.6 is 12.0 Å². The van der Waals surface area contributed by atoms with Crippen molar-refractivity contribution in [2.45, 2.75) is 56.5 Å². The number of hydrogen-bond donors (Lipinski definition) is 3. The second kappa shape index (κ2) is 11.1. The highest BCUT2D eigenvalue weighted by Crippen LogP contribution is 2.25. The zero-order chi connectivity index (χ0) is 18.8. The summed E-state index contributed by atoms with van der Waals surface area (Å²) in [6.45, 7) is 1.54. The Labute approximate surface area is 142 Å². The van der Waals surface area contributed by atoms with Gasteiger partial charge in [-0.2, -0.15) is 17.5 Å². The minimum atomic E-state index is -4.28. The van der Waals surface area contributed by atoms with Crippen LogP contribution in [-0.2, 0) is 18.8 Å². The number of carbonyl (C=O) groups is 1. The number of esters is 1. The topological polar surface area (TPSA) is 111 Å². The summed E-state index contributed by atoms with van der Waals surface area (Å²) in [7, 11) is 1.22. The summed E-state index contributed by atoms with van der Waals surface area (Å²) in [5.41, 5.74) is 3.87. The summed E-state index contributed by atoms with van der Waals surface area (Å²) < 4.78 is 45.5. The number of ether oxygens (including phenoxy) is 1. The molecule has 0 bridgehead atoms. The number of rotatable bonds is 12. The van der Waals surface area contributed by atoms with Crippen LogP contribution in [0.25, 0.3) is 0 Å². The van der Waals surface area contributed by atoms with E-state index in [9.17, 15) is 28.2 Å². The molecule has 24 heavy (non-hydrogen) atoms. The summed E-state index contributed by atoms with van der Waals surface area (Å²) in [6, 6.07) is 0. The lowest BCUT2D eigenvalue weighted by Crippen LogP contribution is -2.63. The Morgan fingerprint density at radius 1 is 1.29 bits per heavy atom. The number of aliphatic hydroxyl groups excluding tert-OH is 2. The van der Waals surface area contributed by atoms with E-state index in [0.29, 0.717) is 12.0 Å². The molecule has 0 saturated heterocycles. The van der Waals surface area contributed by atoms with E-state index in [4.69, 9.17) is 10.5 Å². The third-order valence-corrected chi connectivity index (χ3v) is 4.00. The molecular formula is C13H24F3NO6S. The smallest absolute Gasteiger partial charge is 0.389 e. The largest absolute Gasteiger partial charge is 0.465 e. The molecule has 3 atom stereocenters. The zero-order valence-corrected chi connectivity index (χ0v) is 14.4. The molecule has 0 aromatic heterocycles. The molecule has 0 aliphatic heterocycles. The second-order valence-corrected chi connectivity index (χ2v) is 5.79. The SMILES string of the molecule is CCOC(=O)C(N)(CSOOC)C(O)C(O)CCCCC(F)(F)F. The first-order valence-electron chi connectivity index (χ1n) is 7.29. The predicted molar refractivity (Wildman–Crippen MR) is 80.6 cm³/mol. The molecule has 0 aliphatic carbocycles. The molecule has 0 radical (unpaired) electrons. The highest BCUT2D eigenvalue weighted by molar-refractivity contribution is 7.94. The fourth-order valence-electron chi connectivity index (χ4n) is 1.88. The maximum Gasteiger partial charge on any atom is 0.389 e. The van der Waals surface area contributed by atoms with Crippen LogP contribution in [0, 0.1) is 0 Å². The zero-order valence-electron chi connectivity index (χ0n) is 13.5. The normalized spacial score (nSPS) is 17.2. The molecular weight excluding hydrogens is 355 g/mol. The first-order valence-corrected chi connectivity index (χ1v) is 8.20. The summed E-state index contributed by atoms with van der Waals surface area (Å²) in [4.78, 5) is 16.3. The number of nitrogens with two attached hydrogens (primary N) is 1. The first-order chi connectivity index (χ1) is 11.1. The van der Waals surface area contributed by atoms with Crippen LogP contribution < -0.4 is 5.73 Å². The van der Waals surface area contributed by atoms with Gasteiger partial charge in [-0.25, -0.2) is 9.68 Å². The molecule has 3 unspecified atom stereocenters. The molecule has 144 valence electrons. The average Bonchev–Trinajstić information content (AvgIpc) is 2.49. The van der Waals surface area contributed by atoms with E-state index in [1.807, 2.05) is 0 Å². The van der Waals surface area contributed by atoms with Gasteiger partial charge in [0.25, 0.3) is 0 Å². The average molecular weight is 379 g/mol. The van der Waals surface area contributed by atoms with Gasteiger partial charge in [-0.05, 0) is 19.8 Å². The van der Waals surface area contributed by atoms with Crippen molar-refractivity contribution in [3.8, 4) is 0 Å². The molecule has 0 aromatic carbocycles. The minimum absolute atomic E-state index is 0.00197. The molecule has 0 amide bonds. The first kappa shape index (κ1) is 23.4. The van der Waals surface area contributed by atoms with E-state index >= 15 is 0 Å². The fraction of sp³-hybridized carbons (Fsp3) is 0.923. The van der Waals surface area contributed by atoms with Crippen LogP contribution in [0.5, 0.6) is 0 Å². The van der Waals surface area contributed by atoms with Gasteiger partial charge in [0, 0.05) is 18.5 Å². The second-order valence-electron chi connectivity index (χ2n) is 5.13. The lowest BCUT2D eigenvalue weighted by atomic mass is 9.89. The van der Waals surface area contributed by atoms with Crippen molar-refractivity contribution in [2.24, 2.45) is 5.73 Å². The van der Waals surface area contributed by atoms with Crippen molar-refractivity contribution in [1.82, 2.24) is 0 Å². The van der Waals surface area contributed by atoms with Gasteiger partial charge >= 0.3 is 12.1 Å². The van der Waals surface area contributed by atoms with Crippen molar-refractivity contribution in [3.63, 3.8) is 0 Å². The lowest BCUT2D eigenvalue weighted by molar-refractivity contribution is -0.163. The van der Waals surface area contributed by atoms with E-state index in [1.54, 1.807) is 0 Å². The standard InChI is InChI=1S/C13H24F3NO6S/c1-3-22-11(20)12(17,8-24-23-21-2)10(19)9(18)6-4-5-7-13(14,15)16/h9-10,18-19H,3-8,17H2,1-2H3. The summed E-state index contributed by atoms with van der Waals surface area (Å²) in [6.07, 6.45) is -8.83. The predicted octanol–water partition coefficient (Wildman–Crippen LogP) is 1.32. The van der Waals surface area contributed by atoms with Gasteiger partial charge in [0.05, 0.1) is 25.6 Å². The fourth-order valence-corrected chi connectivity index (χ4v) is 2.51. The molecule has 0 spiro atoms. The molecule has 0 fully saturated rings. The van der Waals surface area contributed by atoms with Crippen molar-refractivity contribution in [1.29, 1.82) is 0 Å². The van der Waals surface area contributed by atoms with Crippen molar-refractivity contribution in [2.75, 3.05) is 19.5 Å². The third-order valence-electron chi connectivity index (χ3n) is 3.17. The Kier molecular flexibility index (Phi) is 10.8. The van der Waals surface area contributed by atoms with Crippen molar-refractivity contribution >= 4 is 18.0 Å². The molecule has 11 heteroatoms. The lowest BCUT2D eigenvalue weighted by Gasteiger charge is -2.33. The van der Waals surface area contributed by atoms with Gasteiger partial charge in [-0.1, -0.05) is 6.42 Å². The summed E-state index contributed by atoms with van der Waals surface area (Å²) in [5, 5.41) is 20.1. The van der Waals surface area contributed by atoms with Gasteiger partial charge in [0.2, 0.25) is 0 Å². The van der Waals surface area contributed by atoms with Crippen molar-refractivity contribution < 1.29 is 42.1 Å². The summed E-state index contributed by atoms with van der Waals surface area (Å²) in [5.74, 6) is -1.25. The molecule has 7 nitrogen and oxygen atoms in total. The molecule has 0 saturated carbocycles. The number of aliphatic hydroxyl groups is 2. The summed E-state index contributed by atoms with van der Waals surface area (Å²) >= 11 is 0.624. The van der Waals surface area contributed by atoms with E-state index < -0.39 is 36.3 Å². The number of carbonyl (C=O) groups excluding carboxylic acids is 1. The Balaban J connectivity index is 4.70. The minimum Gasteiger partial charge on any atom is -0.465 e.